The summed E-state index contributed by atoms with van der Waals surface area (Å²) in [6.45, 7) is 0. The van der Waals surface area contributed by atoms with Crippen LogP contribution >= 0.6 is 0 Å². The van der Waals surface area contributed by atoms with Crippen LogP contribution in [-0.4, -0.2) is 10.2 Å². The lowest BCUT2D eigenvalue weighted by Gasteiger charge is -2.28. The summed E-state index contributed by atoms with van der Waals surface area (Å²) in [7, 11) is 0. The summed E-state index contributed by atoms with van der Waals surface area (Å²) < 4.78 is 0. The van der Waals surface area contributed by atoms with Gasteiger partial charge in [0.1, 0.15) is 12.2 Å². The summed E-state index contributed by atoms with van der Waals surface area (Å²) in [4.78, 5) is 0. The van der Waals surface area contributed by atoms with Gasteiger partial charge in [-0.3, -0.25) is 0 Å². The lowest BCUT2D eigenvalue weighted by molar-refractivity contribution is 0.0178. The number of hydrogen-bond acceptors (Lipinski definition) is 2. The largest absolute Gasteiger partial charge is 0.385 e. The van der Waals surface area contributed by atoms with E-state index in [1.54, 1.807) is 0 Å². The zero-order valence-electron chi connectivity index (χ0n) is 12.8. The molecule has 2 heteroatoms. The van der Waals surface area contributed by atoms with Crippen LogP contribution in [0.1, 0.15) is 23.3 Å². The summed E-state index contributed by atoms with van der Waals surface area (Å²) in [6, 6.07) is 20.7. The monoisotopic (exact) mass is 310 g/mol. The standard InChI is InChI=1S/C22H14O2/c23-21-15-7-3-4-11-10-17-13-6-2-1-5-12(13)14-8-9-16(22(21)24)20(18(11)15)19(14)17/h1-10,21-24H/t21-,22-/m1/s1. The first-order valence-electron chi connectivity index (χ1n) is 8.24. The van der Waals surface area contributed by atoms with E-state index < -0.39 is 12.2 Å². The third-order valence-electron chi connectivity index (χ3n) is 5.63. The van der Waals surface area contributed by atoms with E-state index >= 15 is 0 Å². The van der Waals surface area contributed by atoms with Crippen LogP contribution in [0.15, 0.2) is 60.7 Å². The van der Waals surface area contributed by atoms with Crippen LogP contribution in [0.5, 0.6) is 0 Å². The van der Waals surface area contributed by atoms with Crippen LogP contribution in [0, 0.1) is 0 Å². The molecule has 0 spiro atoms. The second-order valence-electron chi connectivity index (χ2n) is 6.76. The SMILES string of the molecule is O[C@@H]1c2cccc3cc4c5c(ccc(c5c23)[C@H]1O)-c1ccccc1-4. The van der Waals surface area contributed by atoms with E-state index in [0.717, 1.165) is 27.3 Å². The molecule has 2 aliphatic rings. The molecule has 4 aromatic carbocycles. The average Bonchev–Trinajstić information content (AvgIpc) is 2.95. The first kappa shape index (κ1) is 12.7. The molecule has 2 N–H and O–H groups in total. The number of hydrogen-bond donors (Lipinski definition) is 2. The molecular formula is C22H14O2. The summed E-state index contributed by atoms with van der Waals surface area (Å²) >= 11 is 0. The zero-order valence-corrected chi connectivity index (χ0v) is 12.8. The Morgan fingerprint density at radius 2 is 1.25 bits per heavy atom. The van der Waals surface area contributed by atoms with Crippen molar-refractivity contribution < 1.29 is 10.2 Å². The third-order valence-corrected chi connectivity index (χ3v) is 5.63. The quantitative estimate of drug-likeness (QED) is 0.406. The maximum absolute atomic E-state index is 10.7. The van der Waals surface area contributed by atoms with Crippen molar-refractivity contribution >= 4 is 21.5 Å². The molecule has 0 bridgehead atoms. The van der Waals surface area contributed by atoms with Gasteiger partial charge in [-0.15, -0.1) is 0 Å². The number of benzene rings is 4. The number of aliphatic hydroxyl groups excluding tert-OH is 2. The van der Waals surface area contributed by atoms with Gasteiger partial charge in [-0.25, -0.2) is 0 Å². The van der Waals surface area contributed by atoms with E-state index in [2.05, 4.69) is 42.5 Å². The third kappa shape index (κ3) is 1.27. The van der Waals surface area contributed by atoms with Crippen molar-refractivity contribution in [2.45, 2.75) is 12.2 Å². The normalized spacial score (nSPS) is 20.1. The minimum Gasteiger partial charge on any atom is -0.385 e. The van der Waals surface area contributed by atoms with Gasteiger partial charge in [0.05, 0.1) is 0 Å². The molecule has 24 heavy (non-hydrogen) atoms. The van der Waals surface area contributed by atoms with Gasteiger partial charge in [0.15, 0.2) is 0 Å². The van der Waals surface area contributed by atoms with E-state index in [0.29, 0.717) is 0 Å². The molecule has 0 radical (unpaired) electrons. The van der Waals surface area contributed by atoms with Crippen molar-refractivity contribution in [2.24, 2.45) is 0 Å². The highest BCUT2D eigenvalue weighted by Gasteiger charge is 2.33. The van der Waals surface area contributed by atoms with Gasteiger partial charge in [0.25, 0.3) is 0 Å². The molecule has 0 aromatic heterocycles. The van der Waals surface area contributed by atoms with Crippen molar-refractivity contribution in [3.8, 4) is 22.3 Å². The van der Waals surface area contributed by atoms with Crippen molar-refractivity contribution in [3.05, 3.63) is 71.8 Å². The van der Waals surface area contributed by atoms with Crippen molar-refractivity contribution in [1.82, 2.24) is 0 Å². The molecule has 2 atom stereocenters. The Morgan fingerprint density at radius 3 is 2.04 bits per heavy atom. The summed E-state index contributed by atoms with van der Waals surface area (Å²) in [5.41, 5.74) is 6.60. The average molecular weight is 310 g/mol. The van der Waals surface area contributed by atoms with Crippen LogP contribution in [0.25, 0.3) is 43.8 Å². The number of rotatable bonds is 0. The van der Waals surface area contributed by atoms with E-state index in [1.807, 2.05) is 18.2 Å². The fourth-order valence-electron chi connectivity index (χ4n) is 4.62. The van der Waals surface area contributed by atoms with Gasteiger partial charge in [0, 0.05) is 0 Å². The predicted octanol–water partition coefficient (Wildman–Crippen LogP) is 4.72. The van der Waals surface area contributed by atoms with E-state index in [4.69, 9.17) is 0 Å². The lowest BCUT2D eigenvalue weighted by Crippen LogP contribution is -2.15. The molecule has 114 valence electrons. The van der Waals surface area contributed by atoms with Gasteiger partial charge in [-0.2, -0.15) is 0 Å². The Bertz CT molecular complexity index is 1190. The Labute approximate surface area is 138 Å². The minimum atomic E-state index is -0.879. The summed E-state index contributed by atoms with van der Waals surface area (Å²) in [5.74, 6) is 0. The number of fused-ring (bicyclic) bond motifs is 3. The van der Waals surface area contributed by atoms with Crippen molar-refractivity contribution in [1.29, 1.82) is 0 Å². The Balaban J connectivity index is 1.96. The minimum absolute atomic E-state index is 0.826. The number of aliphatic hydroxyl groups is 2. The predicted molar refractivity (Wildman–Crippen MR) is 95.8 cm³/mol. The molecule has 0 heterocycles. The summed E-state index contributed by atoms with van der Waals surface area (Å²) in [6.07, 6.45) is -1.75. The van der Waals surface area contributed by atoms with E-state index in [9.17, 15) is 10.2 Å². The Hall–Kier alpha value is -2.68. The van der Waals surface area contributed by atoms with Gasteiger partial charge in [-0.1, -0.05) is 54.6 Å². The lowest BCUT2D eigenvalue weighted by atomic mass is 9.81. The molecule has 2 aliphatic carbocycles. The highest BCUT2D eigenvalue weighted by molar-refractivity contribution is 6.25. The van der Waals surface area contributed by atoms with Gasteiger partial charge < -0.3 is 10.2 Å². The maximum atomic E-state index is 10.7. The highest BCUT2D eigenvalue weighted by Crippen LogP contribution is 2.54. The Kier molecular flexibility index (Phi) is 2.14. The second-order valence-corrected chi connectivity index (χ2v) is 6.76. The zero-order chi connectivity index (χ0) is 16.0. The molecule has 2 nitrogen and oxygen atoms in total. The maximum Gasteiger partial charge on any atom is 0.110 e. The molecule has 0 unspecified atom stereocenters. The van der Waals surface area contributed by atoms with Crippen LogP contribution in [0.2, 0.25) is 0 Å². The fourth-order valence-corrected chi connectivity index (χ4v) is 4.62. The molecule has 0 saturated heterocycles. The van der Waals surface area contributed by atoms with Gasteiger partial charge in [-0.05, 0) is 61.0 Å². The first-order chi connectivity index (χ1) is 11.8. The first-order valence-corrected chi connectivity index (χ1v) is 8.24. The van der Waals surface area contributed by atoms with Crippen LogP contribution in [0.4, 0.5) is 0 Å². The van der Waals surface area contributed by atoms with Crippen LogP contribution in [-0.2, 0) is 0 Å². The highest BCUT2D eigenvalue weighted by atomic mass is 16.3. The molecule has 0 saturated carbocycles. The molecule has 0 fully saturated rings. The molecule has 6 rings (SSSR count). The topological polar surface area (TPSA) is 40.5 Å². The molecule has 4 aromatic rings. The van der Waals surface area contributed by atoms with Crippen molar-refractivity contribution in [2.75, 3.05) is 0 Å². The second kappa shape index (κ2) is 4.04. The molecule has 0 amide bonds. The van der Waals surface area contributed by atoms with Crippen molar-refractivity contribution in [3.63, 3.8) is 0 Å². The van der Waals surface area contributed by atoms with Gasteiger partial charge in [0.2, 0.25) is 0 Å². The molecule has 0 aliphatic heterocycles. The van der Waals surface area contributed by atoms with E-state index in [1.165, 1.54) is 27.6 Å². The molecular weight excluding hydrogens is 296 g/mol. The summed E-state index contributed by atoms with van der Waals surface area (Å²) in [5, 5.41) is 25.7. The Morgan fingerprint density at radius 1 is 0.542 bits per heavy atom. The van der Waals surface area contributed by atoms with Gasteiger partial charge >= 0.3 is 0 Å². The van der Waals surface area contributed by atoms with Crippen LogP contribution in [0.3, 0.4) is 0 Å². The van der Waals surface area contributed by atoms with E-state index in [-0.39, 0.29) is 0 Å². The smallest absolute Gasteiger partial charge is 0.110 e. The fraction of sp³-hybridized carbons (Fsp3) is 0.0909. The van der Waals surface area contributed by atoms with Crippen LogP contribution < -0.4 is 0 Å².